The van der Waals surface area contributed by atoms with E-state index in [9.17, 15) is 0 Å². The van der Waals surface area contributed by atoms with Crippen molar-refractivity contribution >= 4 is 0 Å². The maximum Gasteiger partial charge on any atom is 0.0498 e. The van der Waals surface area contributed by atoms with Gasteiger partial charge >= 0.3 is 0 Å². The second-order valence-electron chi connectivity index (χ2n) is 2.67. The van der Waals surface area contributed by atoms with Crippen LogP contribution < -0.4 is 0 Å². The van der Waals surface area contributed by atoms with Crippen LogP contribution in [0, 0.1) is 6.58 Å². The summed E-state index contributed by atoms with van der Waals surface area (Å²) in [6.07, 6.45) is 11.3. The predicted molar refractivity (Wildman–Crippen MR) is 51.7 cm³/mol. The zero-order valence-electron chi connectivity index (χ0n) is 6.96. The van der Waals surface area contributed by atoms with Crippen molar-refractivity contribution in [1.82, 2.24) is 0 Å². The average molecular weight is 162 g/mol. The third-order valence-electron chi connectivity index (χ3n) is 1.86. The Morgan fingerprint density at radius 3 is 1.92 bits per heavy atom. The van der Waals surface area contributed by atoms with Crippen LogP contribution in [0.2, 0.25) is 0 Å². The Morgan fingerprint density at radius 2 is 1.62 bits per heavy atom. The van der Waals surface area contributed by atoms with Gasteiger partial charge in [-0.1, -0.05) is 17.9 Å². The van der Waals surface area contributed by atoms with Gasteiger partial charge in [-0.2, -0.15) is 0 Å². The Balaban J connectivity index is 2.47. The van der Waals surface area contributed by atoms with Crippen LogP contribution >= 0.6 is 0 Å². The number of rotatable bonds is 2. The first kappa shape index (κ1) is 7.68. The molecule has 0 nitrogen and oxygen atoms in total. The quantitative estimate of drug-likeness (QED) is 0.547. The SMILES string of the molecule is [C]=C=C(C1=C=CC=C1)C1=C=CC=C1. The Bertz CT molecular complexity index is 434. The molecule has 0 fully saturated rings. The highest BCUT2D eigenvalue weighted by atomic mass is 14.1. The number of allylic oxidation sites excluding steroid dienone is 7. The topological polar surface area (TPSA) is 0 Å². The highest BCUT2D eigenvalue weighted by Gasteiger charge is 2.07. The van der Waals surface area contributed by atoms with Gasteiger partial charge in [0.2, 0.25) is 0 Å². The molecule has 0 saturated heterocycles. The van der Waals surface area contributed by atoms with Gasteiger partial charge < -0.3 is 0 Å². The van der Waals surface area contributed by atoms with Crippen molar-refractivity contribution in [3.05, 3.63) is 76.9 Å². The zero-order chi connectivity index (χ0) is 9.10. The molecule has 0 aromatic heterocycles. The molecular formula is C13H6. The molecular weight excluding hydrogens is 156 g/mol. The van der Waals surface area contributed by atoms with Crippen molar-refractivity contribution in [2.45, 2.75) is 0 Å². The lowest BCUT2D eigenvalue weighted by atomic mass is 10.0. The third kappa shape index (κ3) is 1.34. The highest BCUT2D eigenvalue weighted by molar-refractivity contribution is 5.58. The molecule has 2 aliphatic carbocycles. The van der Waals surface area contributed by atoms with Gasteiger partial charge in [0.1, 0.15) is 0 Å². The van der Waals surface area contributed by atoms with Gasteiger partial charge in [-0.3, -0.25) is 0 Å². The van der Waals surface area contributed by atoms with E-state index in [2.05, 4.69) is 17.2 Å². The number of hydrogen-bond donors (Lipinski definition) is 0. The summed E-state index contributed by atoms with van der Waals surface area (Å²) in [5.41, 5.74) is 11.0. The van der Waals surface area contributed by atoms with Crippen molar-refractivity contribution in [3.63, 3.8) is 0 Å². The van der Waals surface area contributed by atoms with Gasteiger partial charge in [0.15, 0.2) is 0 Å². The normalized spacial score (nSPS) is 16.0. The fraction of sp³-hybridized carbons (Fsp3) is 0. The van der Waals surface area contributed by atoms with Gasteiger partial charge in [-0.15, -0.1) is 11.5 Å². The molecule has 0 aromatic rings. The molecule has 0 saturated carbocycles. The largest absolute Gasteiger partial charge is 0.112 e. The van der Waals surface area contributed by atoms with E-state index >= 15 is 0 Å². The maximum atomic E-state index is 7.19. The standard InChI is InChI=1S/C13H6/c1-2-13(11-7-3-4-8-11)12-9-5-6-10-12/h3-7,9H. The summed E-state index contributed by atoms with van der Waals surface area (Å²) in [7, 11) is 0. The summed E-state index contributed by atoms with van der Waals surface area (Å²) >= 11 is 0. The van der Waals surface area contributed by atoms with E-state index in [0.29, 0.717) is 0 Å². The first-order chi connectivity index (χ1) is 6.42. The molecule has 0 atom stereocenters. The minimum atomic E-state index is 0.745. The first-order valence-corrected chi connectivity index (χ1v) is 3.99. The van der Waals surface area contributed by atoms with Crippen molar-refractivity contribution < 1.29 is 0 Å². The molecule has 2 aliphatic rings. The fourth-order valence-electron chi connectivity index (χ4n) is 1.25. The maximum absolute atomic E-state index is 7.19. The van der Waals surface area contributed by atoms with Crippen molar-refractivity contribution in [2.24, 2.45) is 0 Å². The molecule has 0 aliphatic heterocycles. The molecule has 0 bridgehead atoms. The smallest absolute Gasteiger partial charge is 0.0498 e. The fourth-order valence-corrected chi connectivity index (χ4v) is 1.25. The molecule has 0 heteroatoms. The van der Waals surface area contributed by atoms with E-state index in [1.54, 1.807) is 0 Å². The predicted octanol–water partition coefficient (Wildman–Crippen LogP) is 2.68. The van der Waals surface area contributed by atoms with Crippen LogP contribution in [0.3, 0.4) is 0 Å². The van der Waals surface area contributed by atoms with E-state index in [1.807, 2.05) is 36.5 Å². The Labute approximate surface area is 77.6 Å². The third-order valence-corrected chi connectivity index (χ3v) is 1.86. The summed E-state index contributed by atoms with van der Waals surface area (Å²) in [5.74, 6) is 0. The van der Waals surface area contributed by atoms with Crippen molar-refractivity contribution in [1.29, 1.82) is 0 Å². The summed E-state index contributed by atoms with van der Waals surface area (Å²) < 4.78 is 0. The lowest BCUT2D eigenvalue weighted by Gasteiger charge is -1.99. The highest BCUT2D eigenvalue weighted by Crippen LogP contribution is 2.22. The number of hydrogen-bond acceptors (Lipinski definition) is 0. The van der Waals surface area contributed by atoms with E-state index in [0.717, 1.165) is 16.7 Å². The van der Waals surface area contributed by atoms with Crippen LogP contribution in [0.1, 0.15) is 0 Å². The van der Waals surface area contributed by atoms with Crippen molar-refractivity contribution in [3.8, 4) is 0 Å². The monoisotopic (exact) mass is 162 g/mol. The van der Waals surface area contributed by atoms with E-state index in [4.69, 9.17) is 6.58 Å². The van der Waals surface area contributed by atoms with Gasteiger partial charge in [0, 0.05) is 23.3 Å². The van der Waals surface area contributed by atoms with Crippen molar-refractivity contribution in [2.75, 3.05) is 0 Å². The Kier molecular flexibility index (Phi) is 1.88. The summed E-state index contributed by atoms with van der Waals surface area (Å²) in [4.78, 5) is 0. The second-order valence-corrected chi connectivity index (χ2v) is 2.67. The van der Waals surface area contributed by atoms with Crippen LogP contribution in [0.15, 0.2) is 70.4 Å². The van der Waals surface area contributed by atoms with E-state index in [-0.39, 0.29) is 0 Å². The lowest BCUT2D eigenvalue weighted by Crippen LogP contribution is -1.84. The Hall–Kier alpha value is -1.96. The second kappa shape index (κ2) is 3.19. The molecule has 58 valence electrons. The molecule has 0 heterocycles. The van der Waals surface area contributed by atoms with Crippen LogP contribution in [-0.4, -0.2) is 0 Å². The van der Waals surface area contributed by atoms with Gasteiger partial charge in [-0.05, 0) is 24.3 Å². The van der Waals surface area contributed by atoms with Crippen LogP contribution in [-0.2, 0) is 0 Å². The molecule has 0 amide bonds. The minimum absolute atomic E-state index is 0.745. The molecule has 0 N–H and O–H groups in total. The summed E-state index contributed by atoms with van der Waals surface area (Å²) in [5, 5.41) is 0. The Morgan fingerprint density at radius 1 is 1.08 bits per heavy atom. The van der Waals surface area contributed by atoms with E-state index < -0.39 is 0 Å². The molecule has 0 unspecified atom stereocenters. The van der Waals surface area contributed by atoms with Crippen LogP contribution in [0.5, 0.6) is 0 Å². The average Bonchev–Trinajstić information content (AvgIpc) is 2.76. The first-order valence-electron chi connectivity index (χ1n) is 3.99. The van der Waals surface area contributed by atoms with Crippen LogP contribution in [0.25, 0.3) is 0 Å². The molecule has 0 spiro atoms. The van der Waals surface area contributed by atoms with Crippen LogP contribution in [0.4, 0.5) is 0 Å². The zero-order valence-corrected chi connectivity index (χ0v) is 6.96. The molecule has 13 heavy (non-hydrogen) atoms. The van der Waals surface area contributed by atoms with Gasteiger partial charge in [0.25, 0.3) is 0 Å². The van der Waals surface area contributed by atoms with E-state index in [1.165, 1.54) is 0 Å². The molecule has 2 rings (SSSR count). The summed E-state index contributed by atoms with van der Waals surface area (Å²) in [6, 6.07) is 0. The molecule has 2 radical (unpaired) electrons. The van der Waals surface area contributed by atoms with Gasteiger partial charge in [-0.25, -0.2) is 0 Å². The lowest BCUT2D eigenvalue weighted by molar-refractivity contribution is 1.52. The molecule has 0 aromatic carbocycles. The minimum Gasteiger partial charge on any atom is -0.112 e. The van der Waals surface area contributed by atoms with Gasteiger partial charge in [0.05, 0.1) is 0 Å². The summed E-state index contributed by atoms with van der Waals surface area (Å²) in [6.45, 7) is 7.19.